The standard InChI is InChI=1S/C23H23Cl2N3O4/c1-10(26)18(12(3)29)15-8-17(24)14-4-6-28(23(31)19(14)20(15)25)9-16-21-13(5-7-32-21)11(2)27-22(16)30/h8,26,29H,4-7,9H2,1-3H3,(H,27,30)/b18-12+,26-10?. The Morgan fingerprint density at radius 3 is 2.62 bits per heavy atom. The molecule has 0 radical (unpaired) electrons. The van der Waals surface area contributed by atoms with E-state index in [-0.39, 0.29) is 45.6 Å². The van der Waals surface area contributed by atoms with Gasteiger partial charge in [0.25, 0.3) is 11.5 Å². The number of benzene rings is 1. The molecule has 0 saturated carbocycles. The Balaban J connectivity index is 1.78. The molecule has 0 bridgehead atoms. The van der Waals surface area contributed by atoms with Gasteiger partial charge in [0.05, 0.1) is 35.1 Å². The van der Waals surface area contributed by atoms with Crippen LogP contribution in [-0.2, 0) is 19.4 Å². The van der Waals surface area contributed by atoms with Crippen LogP contribution in [-0.4, -0.2) is 39.8 Å². The van der Waals surface area contributed by atoms with E-state index < -0.39 is 0 Å². The second-order valence-electron chi connectivity index (χ2n) is 8.10. The maximum absolute atomic E-state index is 13.5. The highest BCUT2D eigenvalue weighted by molar-refractivity contribution is 6.40. The van der Waals surface area contributed by atoms with Gasteiger partial charge in [0.2, 0.25) is 0 Å². The molecule has 2 aliphatic heterocycles. The SMILES string of the molecule is CC(=N)/C(=C(/C)O)c1cc(Cl)c2c(c1Cl)C(=O)N(Cc1c3c(c(C)[nH]c1=O)CCO3)CC2. The normalized spacial score (nSPS) is 15.8. The number of aromatic amines is 1. The van der Waals surface area contributed by atoms with Gasteiger partial charge in [0.1, 0.15) is 5.75 Å². The van der Waals surface area contributed by atoms with Crippen molar-refractivity contribution in [2.24, 2.45) is 0 Å². The van der Waals surface area contributed by atoms with E-state index in [9.17, 15) is 14.7 Å². The minimum absolute atomic E-state index is 0.0831. The third-order valence-corrected chi connectivity index (χ3v) is 6.71. The van der Waals surface area contributed by atoms with E-state index in [2.05, 4.69) is 4.98 Å². The van der Waals surface area contributed by atoms with Gasteiger partial charge in [-0.15, -0.1) is 0 Å². The van der Waals surface area contributed by atoms with Crippen LogP contribution in [0.4, 0.5) is 0 Å². The molecule has 4 rings (SSSR count). The molecule has 32 heavy (non-hydrogen) atoms. The summed E-state index contributed by atoms with van der Waals surface area (Å²) < 4.78 is 5.72. The molecule has 3 heterocycles. The molecule has 1 aromatic heterocycles. The van der Waals surface area contributed by atoms with Gasteiger partial charge in [-0.2, -0.15) is 0 Å². The number of allylic oxidation sites excluding steroid dienone is 2. The van der Waals surface area contributed by atoms with Gasteiger partial charge in [-0.25, -0.2) is 0 Å². The third kappa shape index (κ3) is 3.59. The lowest BCUT2D eigenvalue weighted by atomic mass is 9.91. The van der Waals surface area contributed by atoms with Gasteiger partial charge >= 0.3 is 0 Å². The Labute approximate surface area is 195 Å². The lowest BCUT2D eigenvalue weighted by Gasteiger charge is -2.31. The summed E-state index contributed by atoms with van der Waals surface area (Å²) in [6.07, 6.45) is 1.18. The summed E-state index contributed by atoms with van der Waals surface area (Å²) >= 11 is 13.1. The molecular weight excluding hydrogens is 453 g/mol. The Morgan fingerprint density at radius 1 is 1.25 bits per heavy atom. The minimum atomic E-state index is -0.357. The minimum Gasteiger partial charge on any atom is -0.512 e. The Bertz CT molecular complexity index is 1260. The van der Waals surface area contributed by atoms with Crippen molar-refractivity contribution in [3.8, 4) is 5.75 Å². The first-order chi connectivity index (χ1) is 15.1. The number of ether oxygens (including phenoxy) is 1. The van der Waals surface area contributed by atoms with Crippen LogP contribution in [0.5, 0.6) is 5.75 Å². The van der Waals surface area contributed by atoms with Crippen LogP contribution in [0, 0.1) is 12.3 Å². The van der Waals surface area contributed by atoms with Crippen LogP contribution < -0.4 is 10.3 Å². The van der Waals surface area contributed by atoms with Crippen molar-refractivity contribution in [2.75, 3.05) is 13.2 Å². The molecule has 0 aliphatic carbocycles. The number of nitrogens with zero attached hydrogens (tertiary/aromatic N) is 1. The fraction of sp³-hybridized carbons (Fsp3) is 0.348. The molecule has 0 unspecified atom stereocenters. The number of amides is 1. The summed E-state index contributed by atoms with van der Waals surface area (Å²) in [5, 5.41) is 18.6. The largest absolute Gasteiger partial charge is 0.512 e. The number of nitrogens with one attached hydrogen (secondary N) is 2. The number of fused-ring (bicyclic) bond motifs is 2. The van der Waals surface area contributed by atoms with Crippen LogP contribution in [0.1, 0.15) is 52.2 Å². The lowest BCUT2D eigenvalue weighted by Crippen LogP contribution is -2.39. The van der Waals surface area contributed by atoms with Crippen molar-refractivity contribution >= 4 is 40.4 Å². The summed E-state index contributed by atoms with van der Waals surface area (Å²) in [6.45, 7) is 5.77. The van der Waals surface area contributed by atoms with Crippen LogP contribution in [0.25, 0.3) is 5.57 Å². The Morgan fingerprint density at radius 2 is 1.97 bits per heavy atom. The maximum Gasteiger partial charge on any atom is 0.256 e. The fourth-order valence-electron chi connectivity index (χ4n) is 4.48. The first-order valence-corrected chi connectivity index (χ1v) is 11.0. The van der Waals surface area contributed by atoms with Crippen molar-refractivity contribution in [2.45, 2.75) is 40.2 Å². The summed E-state index contributed by atoms with van der Waals surface area (Å²) in [7, 11) is 0. The van der Waals surface area contributed by atoms with Gasteiger partial charge in [-0.1, -0.05) is 23.2 Å². The number of aliphatic hydroxyl groups excluding tert-OH is 1. The number of aromatic nitrogens is 1. The Hall–Kier alpha value is -2.77. The number of halogens is 2. The molecule has 0 atom stereocenters. The third-order valence-electron chi connectivity index (χ3n) is 5.98. The summed E-state index contributed by atoms with van der Waals surface area (Å²) in [5.41, 5.74) is 3.40. The second kappa shape index (κ2) is 8.30. The van der Waals surface area contributed by atoms with Crippen molar-refractivity contribution < 1.29 is 14.6 Å². The maximum atomic E-state index is 13.5. The molecular formula is C23H23Cl2N3O4. The number of H-pyrrole nitrogens is 1. The molecule has 2 aromatic rings. The number of carbonyl (C=O) groups is 1. The number of aryl methyl sites for hydroxylation is 1. The molecule has 0 saturated heterocycles. The average molecular weight is 476 g/mol. The smallest absolute Gasteiger partial charge is 0.256 e. The predicted molar refractivity (Wildman–Crippen MR) is 125 cm³/mol. The number of pyridine rings is 1. The van der Waals surface area contributed by atoms with E-state index in [1.54, 1.807) is 11.0 Å². The highest BCUT2D eigenvalue weighted by Crippen LogP contribution is 2.39. The molecule has 0 fully saturated rings. The molecule has 168 valence electrons. The van der Waals surface area contributed by atoms with Crippen LogP contribution in [0.3, 0.4) is 0 Å². The van der Waals surface area contributed by atoms with Crippen LogP contribution in [0.2, 0.25) is 10.0 Å². The zero-order valence-electron chi connectivity index (χ0n) is 18.0. The molecule has 0 spiro atoms. The van der Waals surface area contributed by atoms with Gasteiger partial charge < -0.3 is 25.1 Å². The molecule has 3 N–H and O–H groups in total. The van der Waals surface area contributed by atoms with Crippen molar-refractivity contribution in [3.63, 3.8) is 0 Å². The highest BCUT2D eigenvalue weighted by Gasteiger charge is 2.33. The first kappa shape index (κ1) is 22.4. The Kier molecular flexibility index (Phi) is 5.81. The lowest BCUT2D eigenvalue weighted by molar-refractivity contribution is 0.0725. The number of aliphatic hydroxyl groups is 1. The number of hydrogen-bond donors (Lipinski definition) is 3. The monoisotopic (exact) mass is 475 g/mol. The first-order valence-electron chi connectivity index (χ1n) is 10.2. The summed E-state index contributed by atoms with van der Waals surface area (Å²) in [5.74, 6) is 0.113. The van der Waals surface area contributed by atoms with Crippen molar-refractivity contribution in [1.29, 1.82) is 5.41 Å². The van der Waals surface area contributed by atoms with E-state index >= 15 is 0 Å². The molecule has 1 amide bonds. The average Bonchev–Trinajstić information content (AvgIpc) is 3.19. The summed E-state index contributed by atoms with van der Waals surface area (Å²) in [6, 6.07) is 1.59. The van der Waals surface area contributed by atoms with Crippen molar-refractivity contribution in [1.82, 2.24) is 9.88 Å². The van der Waals surface area contributed by atoms with E-state index in [4.69, 9.17) is 33.3 Å². The predicted octanol–water partition coefficient (Wildman–Crippen LogP) is 4.45. The van der Waals surface area contributed by atoms with Gasteiger partial charge in [0.15, 0.2) is 0 Å². The molecule has 9 heteroatoms. The molecule has 1 aromatic carbocycles. The zero-order valence-corrected chi connectivity index (χ0v) is 19.5. The number of carbonyl (C=O) groups excluding carboxylic acids is 1. The van der Waals surface area contributed by atoms with Crippen LogP contribution >= 0.6 is 23.2 Å². The number of hydrogen-bond acceptors (Lipinski definition) is 5. The topological polar surface area (TPSA) is 106 Å². The van der Waals surface area contributed by atoms with E-state index in [0.717, 1.165) is 11.3 Å². The van der Waals surface area contributed by atoms with E-state index in [1.807, 2.05) is 6.92 Å². The molecule has 2 aliphatic rings. The summed E-state index contributed by atoms with van der Waals surface area (Å²) in [4.78, 5) is 30.6. The van der Waals surface area contributed by atoms with Crippen LogP contribution in [0.15, 0.2) is 16.6 Å². The van der Waals surface area contributed by atoms with Crippen molar-refractivity contribution in [3.05, 3.63) is 65.7 Å². The fourth-order valence-corrected chi connectivity index (χ4v) is 5.12. The van der Waals surface area contributed by atoms with E-state index in [1.165, 1.54) is 13.8 Å². The van der Waals surface area contributed by atoms with Gasteiger partial charge in [-0.05, 0) is 38.8 Å². The second-order valence-corrected chi connectivity index (χ2v) is 8.88. The van der Waals surface area contributed by atoms with Gasteiger partial charge in [0, 0.05) is 46.1 Å². The van der Waals surface area contributed by atoms with Gasteiger partial charge in [-0.3, -0.25) is 9.59 Å². The zero-order chi connectivity index (χ0) is 23.3. The quantitative estimate of drug-likeness (QED) is 0.448. The number of rotatable bonds is 4. The van der Waals surface area contributed by atoms with E-state index in [0.29, 0.717) is 53.5 Å². The molecule has 7 nitrogen and oxygen atoms in total. The highest BCUT2D eigenvalue weighted by atomic mass is 35.5.